The largest absolute Gasteiger partial charge is 0.497 e. The normalized spacial score (nSPS) is 12.5. The molecule has 0 saturated heterocycles. The highest BCUT2D eigenvalue weighted by atomic mass is 35.5. The molecule has 2 rings (SSSR count). The molecule has 138 valence electrons. The Morgan fingerprint density at radius 1 is 1.35 bits per heavy atom. The van der Waals surface area contributed by atoms with Gasteiger partial charge in [0.05, 0.1) is 30.1 Å². The lowest BCUT2D eigenvalue weighted by molar-refractivity contribution is 0.188. The fraction of sp³-hybridized carbons (Fsp3) is 0.222. The number of halogens is 4. The molecule has 0 bridgehead atoms. The summed E-state index contributed by atoms with van der Waals surface area (Å²) in [5.74, 6) is 0.0471. The van der Waals surface area contributed by atoms with Crippen LogP contribution in [0.25, 0.3) is 0 Å². The van der Waals surface area contributed by atoms with Gasteiger partial charge in [0.1, 0.15) is 11.6 Å². The van der Waals surface area contributed by atoms with Gasteiger partial charge >= 0.3 is 0 Å². The number of alkyl halides is 2. The third kappa shape index (κ3) is 5.77. The zero-order valence-corrected chi connectivity index (χ0v) is 14.7. The van der Waals surface area contributed by atoms with Crippen molar-refractivity contribution in [3.63, 3.8) is 0 Å². The first-order chi connectivity index (χ1) is 12.4. The summed E-state index contributed by atoms with van der Waals surface area (Å²) >= 11 is 5.67. The van der Waals surface area contributed by atoms with E-state index in [2.05, 4.69) is 9.98 Å². The number of aliphatic imine (C=N–C) groups is 1. The second kappa shape index (κ2) is 9.24. The molecule has 0 aliphatic carbocycles. The number of methoxy groups -OCH3 is 1. The van der Waals surface area contributed by atoms with Crippen LogP contribution in [0.5, 0.6) is 5.75 Å². The number of ether oxygens (including phenoxy) is 1. The maximum atomic E-state index is 13.9. The van der Waals surface area contributed by atoms with E-state index in [0.29, 0.717) is 5.75 Å². The van der Waals surface area contributed by atoms with Gasteiger partial charge in [0, 0.05) is 18.3 Å². The molecular weight excluding hydrogens is 367 g/mol. The van der Waals surface area contributed by atoms with Crippen molar-refractivity contribution in [3.8, 4) is 5.75 Å². The predicted molar refractivity (Wildman–Crippen MR) is 95.3 cm³/mol. The van der Waals surface area contributed by atoms with Gasteiger partial charge in [0.15, 0.2) is 0 Å². The highest BCUT2D eigenvalue weighted by Gasteiger charge is 2.12. The number of pyridine rings is 1. The summed E-state index contributed by atoms with van der Waals surface area (Å²) in [7, 11) is 1.55. The van der Waals surface area contributed by atoms with Crippen LogP contribution in [0.1, 0.15) is 11.3 Å². The Hall–Kier alpha value is -2.54. The molecule has 0 aliphatic rings. The standard InChI is InChI=1S/C18H17ClF3N3O/c1-26-14-4-2-11(3-5-14)9-24-13(7-16(23)18(21)22)8-17-15(20)6-12(19)10-25-17/h2-7,10,18H,8-9,23H2,1H3/b16-7-,24-13?. The molecule has 2 aromatic rings. The maximum Gasteiger partial charge on any atom is 0.277 e. The van der Waals surface area contributed by atoms with Crippen LogP contribution in [0.4, 0.5) is 13.2 Å². The monoisotopic (exact) mass is 383 g/mol. The van der Waals surface area contributed by atoms with E-state index in [4.69, 9.17) is 22.1 Å². The van der Waals surface area contributed by atoms with Crippen molar-refractivity contribution in [2.75, 3.05) is 7.11 Å². The van der Waals surface area contributed by atoms with E-state index >= 15 is 0 Å². The summed E-state index contributed by atoms with van der Waals surface area (Å²) in [6.07, 6.45) is -0.596. The average molecular weight is 384 g/mol. The lowest BCUT2D eigenvalue weighted by atomic mass is 10.1. The number of allylic oxidation sites excluding steroid dienone is 2. The Morgan fingerprint density at radius 3 is 2.62 bits per heavy atom. The summed E-state index contributed by atoms with van der Waals surface area (Å²) < 4.78 is 44.5. The molecule has 1 heterocycles. The van der Waals surface area contributed by atoms with Gasteiger partial charge < -0.3 is 10.5 Å². The molecule has 8 heteroatoms. The Balaban J connectivity index is 2.25. The highest BCUT2D eigenvalue weighted by molar-refractivity contribution is 6.30. The molecule has 0 fully saturated rings. The summed E-state index contributed by atoms with van der Waals surface area (Å²) in [6.45, 7) is 0.210. The van der Waals surface area contributed by atoms with Gasteiger partial charge in [-0.15, -0.1) is 0 Å². The lowest BCUT2D eigenvalue weighted by Crippen LogP contribution is -2.13. The van der Waals surface area contributed by atoms with E-state index in [1.54, 1.807) is 31.4 Å². The first kappa shape index (κ1) is 19.8. The van der Waals surface area contributed by atoms with Crippen molar-refractivity contribution in [2.24, 2.45) is 10.7 Å². The van der Waals surface area contributed by atoms with Gasteiger partial charge in [-0.3, -0.25) is 9.98 Å². The second-order valence-corrected chi connectivity index (χ2v) is 5.80. The quantitative estimate of drug-likeness (QED) is 0.730. The van der Waals surface area contributed by atoms with Crippen LogP contribution in [0.2, 0.25) is 5.02 Å². The van der Waals surface area contributed by atoms with Crippen molar-refractivity contribution in [2.45, 2.75) is 19.4 Å². The third-order valence-corrected chi connectivity index (χ3v) is 3.65. The van der Waals surface area contributed by atoms with Crippen LogP contribution in [-0.4, -0.2) is 24.2 Å². The summed E-state index contributed by atoms with van der Waals surface area (Å²) in [6, 6.07) is 8.20. The molecule has 1 aromatic carbocycles. The number of nitrogens with two attached hydrogens (primary N) is 1. The molecule has 26 heavy (non-hydrogen) atoms. The molecule has 0 amide bonds. The van der Waals surface area contributed by atoms with Gasteiger partial charge in [-0.1, -0.05) is 23.7 Å². The molecule has 4 nitrogen and oxygen atoms in total. The molecule has 0 atom stereocenters. The smallest absolute Gasteiger partial charge is 0.277 e. The van der Waals surface area contributed by atoms with Crippen molar-refractivity contribution in [1.29, 1.82) is 0 Å². The second-order valence-electron chi connectivity index (χ2n) is 5.36. The van der Waals surface area contributed by atoms with Crippen LogP contribution in [0, 0.1) is 5.82 Å². The summed E-state index contributed by atoms with van der Waals surface area (Å²) in [5, 5.41) is 0.144. The van der Waals surface area contributed by atoms with Crippen LogP contribution in [0.15, 0.2) is 53.3 Å². The number of rotatable bonds is 7. The number of aromatic nitrogens is 1. The molecule has 0 radical (unpaired) electrons. The van der Waals surface area contributed by atoms with Gasteiger partial charge in [-0.25, -0.2) is 13.2 Å². The number of nitrogens with zero attached hydrogens (tertiary/aromatic N) is 2. The minimum Gasteiger partial charge on any atom is -0.497 e. The highest BCUT2D eigenvalue weighted by Crippen LogP contribution is 2.15. The first-order valence-corrected chi connectivity index (χ1v) is 7.98. The molecule has 0 saturated carbocycles. The Morgan fingerprint density at radius 2 is 2.04 bits per heavy atom. The zero-order chi connectivity index (χ0) is 19.1. The van der Waals surface area contributed by atoms with E-state index in [-0.39, 0.29) is 29.4 Å². The van der Waals surface area contributed by atoms with Crippen LogP contribution in [0.3, 0.4) is 0 Å². The van der Waals surface area contributed by atoms with Crippen molar-refractivity contribution in [1.82, 2.24) is 4.98 Å². The molecule has 1 aromatic heterocycles. The first-order valence-electron chi connectivity index (χ1n) is 7.60. The molecule has 0 aliphatic heterocycles. The van der Waals surface area contributed by atoms with Gasteiger partial charge in [-0.2, -0.15) is 0 Å². The number of hydrogen-bond donors (Lipinski definition) is 1. The Labute approximate surface area is 154 Å². The average Bonchev–Trinajstić information content (AvgIpc) is 2.62. The van der Waals surface area contributed by atoms with Crippen molar-refractivity contribution >= 4 is 17.3 Å². The van der Waals surface area contributed by atoms with E-state index in [1.807, 2.05) is 0 Å². The third-order valence-electron chi connectivity index (χ3n) is 3.44. The van der Waals surface area contributed by atoms with Crippen molar-refractivity contribution < 1.29 is 17.9 Å². The van der Waals surface area contributed by atoms with Crippen LogP contribution in [-0.2, 0) is 13.0 Å². The lowest BCUT2D eigenvalue weighted by Gasteiger charge is -2.07. The van der Waals surface area contributed by atoms with E-state index in [9.17, 15) is 13.2 Å². The van der Waals surface area contributed by atoms with Gasteiger partial charge in [-0.05, 0) is 29.8 Å². The SMILES string of the molecule is COc1ccc(CN=C(/C=C(\N)C(F)F)Cc2ncc(Cl)cc2F)cc1. The molecule has 2 N–H and O–H groups in total. The van der Waals surface area contributed by atoms with E-state index in [0.717, 1.165) is 17.7 Å². The fourth-order valence-corrected chi connectivity index (χ4v) is 2.22. The number of hydrogen-bond acceptors (Lipinski definition) is 4. The van der Waals surface area contributed by atoms with E-state index in [1.165, 1.54) is 6.20 Å². The van der Waals surface area contributed by atoms with Gasteiger partial charge in [0.25, 0.3) is 6.43 Å². The Kier molecular flexibility index (Phi) is 7.03. The minimum absolute atomic E-state index is 0.0428. The summed E-state index contributed by atoms with van der Waals surface area (Å²) in [5.41, 5.74) is 5.73. The fourth-order valence-electron chi connectivity index (χ4n) is 2.08. The predicted octanol–water partition coefficient (Wildman–Crippen LogP) is 4.17. The maximum absolute atomic E-state index is 13.9. The molecule has 0 spiro atoms. The molecular formula is C18H17ClF3N3O. The summed E-state index contributed by atoms with van der Waals surface area (Å²) in [4.78, 5) is 8.16. The topological polar surface area (TPSA) is 60.5 Å². The molecule has 0 unspecified atom stereocenters. The zero-order valence-electron chi connectivity index (χ0n) is 13.9. The minimum atomic E-state index is -2.83. The number of benzene rings is 1. The van der Waals surface area contributed by atoms with Gasteiger partial charge in [0.2, 0.25) is 0 Å². The van der Waals surface area contributed by atoms with Crippen LogP contribution >= 0.6 is 11.6 Å². The van der Waals surface area contributed by atoms with E-state index < -0.39 is 17.9 Å². The Bertz CT molecular complexity index is 808. The van der Waals surface area contributed by atoms with Crippen molar-refractivity contribution in [3.05, 3.63) is 70.4 Å². The van der Waals surface area contributed by atoms with Crippen LogP contribution < -0.4 is 10.5 Å².